The number of H-pyrrole nitrogens is 1. The molecule has 77 heavy (non-hydrogen) atoms. The van der Waals surface area contributed by atoms with Crippen molar-refractivity contribution in [3.63, 3.8) is 0 Å². The molecule has 0 spiro atoms. The van der Waals surface area contributed by atoms with Gasteiger partial charge < -0.3 is 62.8 Å². The first-order valence-corrected chi connectivity index (χ1v) is 27.9. The molecule has 0 bridgehead atoms. The number of carbonyl (C=O) groups excluding carboxylic acids is 9. The van der Waals surface area contributed by atoms with E-state index in [1.165, 1.54) is 26.5 Å². The van der Waals surface area contributed by atoms with Crippen LogP contribution in [0.2, 0.25) is 0 Å². The molecular formula is C54H75N11O11S. The first-order chi connectivity index (χ1) is 36.7. The highest BCUT2D eigenvalue weighted by Gasteiger charge is 2.46. The van der Waals surface area contributed by atoms with Crippen LogP contribution < -0.4 is 38.1 Å². The second kappa shape index (κ2) is 27.3. The molecule has 3 aliphatic heterocycles. The highest BCUT2D eigenvalue weighted by molar-refractivity contribution is 7.98. The molecule has 0 radical (unpaired) electrons. The number of nitrogens with one attached hydrogen (secondary N) is 6. The number of fused-ring (bicyclic) bond motifs is 1. The van der Waals surface area contributed by atoms with Gasteiger partial charge in [-0.15, -0.1) is 0 Å². The van der Waals surface area contributed by atoms with Gasteiger partial charge in [0, 0.05) is 49.6 Å². The highest BCUT2D eigenvalue weighted by atomic mass is 32.2. The van der Waals surface area contributed by atoms with Crippen molar-refractivity contribution in [2.75, 3.05) is 31.6 Å². The summed E-state index contributed by atoms with van der Waals surface area (Å²) < 4.78 is 0. The Balaban J connectivity index is 1.23. The number of benzene rings is 2. The lowest BCUT2D eigenvalue weighted by Crippen LogP contribution is -2.61. The summed E-state index contributed by atoms with van der Waals surface area (Å²) >= 11 is 1.43. The third-order valence-corrected chi connectivity index (χ3v) is 15.2. The van der Waals surface area contributed by atoms with Crippen molar-refractivity contribution in [1.29, 1.82) is 0 Å². The molecule has 11 N–H and O–H groups in total. The largest absolute Gasteiger partial charge is 0.480 e. The Morgan fingerprint density at radius 3 is 1.83 bits per heavy atom. The Morgan fingerprint density at radius 2 is 1.21 bits per heavy atom. The van der Waals surface area contributed by atoms with Gasteiger partial charge in [0.25, 0.3) is 0 Å². The van der Waals surface area contributed by atoms with E-state index < -0.39 is 132 Å². The number of nitrogens with zero attached hydrogens (tertiary/aromatic N) is 3. The molecule has 0 saturated carbocycles. The first kappa shape index (κ1) is 59.2. The van der Waals surface area contributed by atoms with Crippen LogP contribution in [0.15, 0.2) is 60.8 Å². The van der Waals surface area contributed by atoms with Gasteiger partial charge in [-0.2, -0.15) is 11.8 Å². The Morgan fingerprint density at radius 1 is 0.649 bits per heavy atom. The number of carboxylic acids is 1. The van der Waals surface area contributed by atoms with Gasteiger partial charge >= 0.3 is 5.97 Å². The van der Waals surface area contributed by atoms with Crippen molar-refractivity contribution in [2.45, 2.75) is 146 Å². The van der Waals surface area contributed by atoms with Crippen LogP contribution in [0.25, 0.3) is 10.9 Å². The summed E-state index contributed by atoms with van der Waals surface area (Å²) in [5.41, 5.74) is 13.3. The van der Waals surface area contributed by atoms with Gasteiger partial charge in [0.05, 0.1) is 12.5 Å². The fourth-order valence-electron chi connectivity index (χ4n) is 10.4. The van der Waals surface area contributed by atoms with Gasteiger partial charge in [-0.05, 0) is 86.0 Å². The third-order valence-electron chi connectivity index (χ3n) is 14.6. The number of likely N-dealkylation sites (tertiary alicyclic amines) is 3. The van der Waals surface area contributed by atoms with Crippen LogP contribution in [0, 0.1) is 11.8 Å². The van der Waals surface area contributed by atoms with Gasteiger partial charge in [-0.3, -0.25) is 43.2 Å². The molecule has 0 aliphatic carbocycles. The number of para-hydroxylation sites is 1. The minimum Gasteiger partial charge on any atom is -0.480 e. The van der Waals surface area contributed by atoms with E-state index in [2.05, 4.69) is 31.6 Å². The molecular weight excluding hydrogens is 1010 g/mol. The standard InChI is InChI=1S/C54H75N11O11S/c1-30(2)44(61-47(68)37(21-25-77-5)58-46(67)35(55)28-43(56)66)53(74)64-23-12-18-40(64)49(70)59-38(26-32-14-7-6-8-15-32)48(69)60-39(27-33-29-57-36-17-10-9-16-34(33)36)51(72)65-24-13-20-42(65)52(73)63-22-11-19-41(63)50(71)62-45(31(3)4)54(75)76/h6-10,14-17,29-31,35,37-42,44-45,57H,11-13,18-28,55H2,1-5H3,(H2,56,66)(H,58,67)(H,59,70)(H,60,69)(H,61,68)(H,62,71)(H,75,76)/t35-,37-,38-,39-,40-,41-,42-,44-,45-/m0/s1. The molecule has 1 aromatic heterocycles. The molecule has 6 rings (SSSR count). The SMILES string of the molecule is CSCC[C@H](NC(=O)[C@@H](N)CC(N)=O)C(=O)N[C@H](C(=O)N1CCC[C@H]1C(=O)N[C@@H](Cc1ccccc1)C(=O)N[C@@H](Cc1c[nH]c2ccccc12)C(=O)N1CCC[C@H]1C(=O)N1CCC[C@H]1C(=O)N[C@H](C(=O)O)C(C)C)C(C)C. The average molecular weight is 1090 g/mol. The fourth-order valence-corrected chi connectivity index (χ4v) is 10.9. The van der Waals surface area contributed by atoms with Crippen LogP contribution >= 0.6 is 11.8 Å². The normalized spacial score (nSPS) is 19.7. The molecule has 3 saturated heterocycles. The van der Waals surface area contributed by atoms with E-state index in [1.807, 2.05) is 30.5 Å². The van der Waals surface area contributed by atoms with Crippen LogP contribution in [0.1, 0.15) is 90.2 Å². The van der Waals surface area contributed by atoms with Gasteiger partial charge in [-0.1, -0.05) is 76.2 Å². The number of primary amides is 1. The number of aromatic amines is 1. The summed E-state index contributed by atoms with van der Waals surface area (Å²) in [5, 5.41) is 24.4. The number of hydrogen-bond acceptors (Lipinski definition) is 12. The summed E-state index contributed by atoms with van der Waals surface area (Å²) in [5.74, 6) is -7.29. The van der Waals surface area contributed by atoms with Crippen LogP contribution in [0.3, 0.4) is 0 Å². The van der Waals surface area contributed by atoms with Crippen LogP contribution in [0.4, 0.5) is 0 Å². The lowest BCUT2D eigenvalue weighted by atomic mass is 10.00. The monoisotopic (exact) mass is 1090 g/mol. The lowest BCUT2D eigenvalue weighted by Gasteiger charge is -2.34. The summed E-state index contributed by atoms with van der Waals surface area (Å²) in [6, 6.07) is 6.24. The number of thioether (sulfide) groups is 1. The third kappa shape index (κ3) is 15.1. The number of rotatable bonds is 25. The van der Waals surface area contributed by atoms with Crippen LogP contribution in [0.5, 0.6) is 0 Å². The predicted octanol–water partition coefficient (Wildman–Crippen LogP) is 0.703. The van der Waals surface area contributed by atoms with E-state index >= 15 is 4.79 Å². The molecule has 4 heterocycles. The molecule has 9 atom stereocenters. The zero-order chi connectivity index (χ0) is 56.1. The topological polar surface area (TPSA) is 329 Å². The quantitative estimate of drug-likeness (QED) is 0.0565. The number of carbonyl (C=O) groups is 10. The summed E-state index contributed by atoms with van der Waals surface area (Å²) in [6.45, 7) is 7.39. The number of aliphatic carboxylic acids is 1. The molecule has 3 aromatic rings. The zero-order valence-electron chi connectivity index (χ0n) is 44.5. The molecule has 3 aliphatic rings. The molecule has 3 fully saturated rings. The van der Waals surface area contributed by atoms with Gasteiger partial charge in [-0.25, -0.2) is 4.79 Å². The molecule has 418 valence electrons. The Hall–Kier alpha value is -7.01. The number of aromatic nitrogens is 1. The Kier molecular flexibility index (Phi) is 21.0. The predicted molar refractivity (Wildman–Crippen MR) is 288 cm³/mol. The highest BCUT2D eigenvalue weighted by Crippen LogP contribution is 2.28. The maximum absolute atomic E-state index is 15.1. The number of nitrogens with two attached hydrogens (primary N) is 2. The van der Waals surface area contributed by atoms with Crippen molar-refractivity contribution >= 4 is 81.8 Å². The maximum Gasteiger partial charge on any atom is 0.326 e. The first-order valence-electron chi connectivity index (χ1n) is 26.5. The van der Waals surface area contributed by atoms with Gasteiger partial charge in [0.15, 0.2) is 0 Å². The lowest BCUT2D eigenvalue weighted by molar-refractivity contribution is -0.149. The van der Waals surface area contributed by atoms with Crippen LogP contribution in [-0.2, 0) is 60.8 Å². The van der Waals surface area contributed by atoms with Crippen molar-refractivity contribution in [2.24, 2.45) is 23.3 Å². The molecule has 9 amide bonds. The van der Waals surface area contributed by atoms with E-state index in [0.29, 0.717) is 49.0 Å². The Bertz CT molecular complexity index is 2630. The van der Waals surface area contributed by atoms with Crippen LogP contribution in [-0.4, -0.2) is 170 Å². The zero-order valence-corrected chi connectivity index (χ0v) is 45.3. The number of amides is 9. The fraction of sp³-hybridized carbons (Fsp3) is 0.556. The second-order valence-electron chi connectivity index (χ2n) is 20.9. The van der Waals surface area contributed by atoms with Gasteiger partial charge in [0.2, 0.25) is 53.2 Å². The van der Waals surface area contributed by atoms with Crippen molar-refractivity contribution < 1.29 is 53.1 Å². The van der Waals surface area contributed by atoms with Crippen molar-refractivity contribution in [3.05, 3.63) is 71.9 Å². The molecule has 2 aromatic carbocycles. The average Bonchev–Trinajstić information content (AvgIpc) is 4.26. The second-order valence-corrected chi connectivity index (χ2v) is 21.8. The van der Waals surface area contributed by atoms with E-state index in [-0.39, 0.29) is 45.3 Å². The smallest absolute Gasteiger partial charge is 0.326 e. The summed E-state index contributed by atoms with van der Waals surface area (Å²) in [7, 11) is 0. The number of hydrogen-bond donors (Lipinski definition) is 9. The molecule has 22 nitrogen and oxygen atoms in total. The molecule has 23 heteroatoms. The minimum atomic E-state index is -1.29. The van der Waals surface area contributed by atoms with E-state index in [9.17, 15) is 48.3 Å². The van der Waals surface area contributed by atoms with E-state index in [0.717, 1.165) is 10.9 Å². The number of carboxylic acid groups (broad SMARTS) is 1. The minimum absolute atomic E-state index is 0.00621. The Labute approximate surface area is 452 Å². The van der Waals surface area contributed by atoms with Gasteiger partial charge in [0.1, 0.15) is 48.3 Å². The summed E-state index contributed by atoms with van der Waals surface area (Å²) in [4.78, 5) is 145. The maximum atomic E-state index is 15.1. The van der Waals surface area contributed by atoms with E-state index in [4.69, 9.17) is 11.5 Å². The van der Waals surface area contributed by atoms with Crippen molar-refractivity contribution in [3.8, 4) is 0 Å². The van der Waals surface area contributed by atoms with Crippen molar-refractivity contribution in [1.82, 2.24) is 46.3 Å². The molecule has 0 unspecified atom stereocenters. The summed E-state index contributed by atoms with van der Waals surface area (Å²) in [6.07, 6.45) is 5.55. The van der Waals surface area contributed by atoms with E-state index in [1.54, 1.807) is 64.2 Å².